The first-order chi connectivity index (χ1) is 10.4. The predicted octanol–water partition coefficient (Wildman–Crippen LogP) is 1.54. The average Bonchev–Trinajstić information content (AvgIpc) is 2.90. The highest BCUT2D eigenvalue weighted by Crippen LogP contribution is 2.36. The Kier molecular flexibility index (Phi) is 3.47. The second-order valence-electron chi connectivity index (χ2n) is 6.18. The van der Waals surface area contributed by atoms with Crippen LogP contribution < -0.4 is 9.47 Å². The summed E-state index contributed by atoms with van der Waals surface area (Å²) in [7, 11) is 0. The van der Waals surface area contributed by atoms with E-state index in [1.807, 2.05) is 12.1 Å². The Balaban J connectivity index is 1.75. The molecule has 1 fully saturated rings. The standard InChI is InChI=1S/C16H19NO5/c1-10-13(22-12-6-4-3-5-11(12)21-10)14(18)17-8-7-16(2,9-17)15(19)20/h3-6,10,13H,7-9H2,1-2H3,(H,19,20)/t10-,13-,16-/m0/s1. The minimum absolute atomic E-state index is 0.204. The van der Waals surface area contributed by atoms with Gasteiger partial charge in [0.05, 0.1) is 5.41 Å². The van der Waals surface area contributed by atoms with Gasteiger partial charge in [-0.3, -0.25) is 9.59 Å². The van der Waals surface area contributed by atoms with Crippen LogP contribution in [0.5, 0.6) is 11.5 Å². The van der Waals surface area contributed by atoms with E-state index in [0.717, 1.165) is 0 Å². The monoisotopic (exact) mass is 305 g/mol. The summed E-state index contributed by atoms with van der Waals surface area (Å²) in [4.78, 5) is 25.5. The van der Waals surface area contributed by atoms with E-state index in [4.69, 9.17) is 9.47 Å². The molecule has 1 saturated heterocycles. The molecule has 0 spiro atoms. The van der Waals surface area contributed by atoms with E-state index in [9.17, 15) is 14.7 Å². The van der Waals surface area contributed by atoms with Gasteiger partial charge >= 0.3 is 5.97 Å². The number of ether oxygens (including phenoxy) is 2. The molecular formula is C16H19NO5. The molecule has 3 rings (SSSR count). The first-order valence-corrected chi connectivity index (χ1v) is 7.35. The smallest absolute Gasteiger partial charge is 0.311 e. The van der Waals surface area contributed by atoms with Crippen molar-refractivity contribution < 1.29 is 24.2 Å². The number of nitrogens with zero attached hydrogens (tertiary/aromatic N) is 1. The van der Waals surface area contributed by atoms with Gasteiger partial charge in [0.1, 0.15) is 6.10 Å². The van der Waals surface area contributed by atoms with Crippen molar-refractivity contribution in [3.63, 3.8) is 0 Å². The lowest BCUT2D eigenvalue weighted by atomic mass is 9.90. The fourth-order valence-electron chi connectivity index (χ4n) is 2.89. The van der Waals surface area contributed by atoms with Crippen LogP contribution in [-0.2, 0) is 9.59 Å². The van der Waals surface area contributed by atoms with E-state index in [2.05, 4.69) is 0 Å². The summed E-state index contributed by atoms with van der Waals surface area (Å²) >= 11 is 0. The van der Waals surface area contributed by atoms with Crippen molar-refractivity contribution in [2.24, 2.45) is 5.41 Å². The Hall–Kier alpha value is -2.24. The molecule has 2 aliphatic heterocycles. The highest BCUT2D eigenvalue weighted by Gasteiger charge is 2.45. The summed E-state index contributed by atoms with van der Waals surface area (Å²) < 4.78 is 11.5. The fourth-order valence-corrected chi connectivity index (χ4v) is 2.89. The number of carboxylic acids is 1. The number of hydrogen-bond acceptors (Lipinski definition) is 4. The fraction of sp³-hybridized carbons (Fsp3) is 0.500. The highest BCUT2D eigenvalue weighted by atomic mass is 16.6. The van der Waals surface area contributed by atoms with E-state index in [1.54, 1.807) is 30.9 Å². The van der Waals surface area contributed by atoms with Crippen LogP contribution in [0.2, 0.25) is 0 Å². The molecule has 0 aromatic heterocycles. The number of aliphatic carboxylic acids is 1. The topological polar surface area (TPSA) is 76.1 Å². The molecule has 0 radical (unpaired) electrons. The number of rotatable bonds is 2. The first-order valence-electron chi connectivity index (χ1n) is 7.35. The van der Waals surface area contributed by atoms with Crippen LogP contribution in [0.4, 0.5) is 0 Å². The number of carbonyl (C=O) groups is 2. The summed E-state index contributed by atoms with van der Waals surface area (Å²) in [6.45, 7) is 4.08. The minimum Gasteiger partial charge on any atom is -0.482 e. The molecule has 3 atom stereocenters. The van der Waals surface area contributed by atoms with Crippen LogP contribution >= 0.6 is 0 Å². The first kappa shape index (κ1) is 14.7. The molecule has 1 amide bonds. The van der Waals surface area contributed by atoms with E-state index in [-0.39, 0.29) is 12.5 Å². The third kappa shape index (κ3) is 2.38. The Morgan fingerprint density at radius 2 is 1.91 bits per heavy atom. The van der Waals surface area contributed by atoms with Crippen LogP contribution in [0.25, 0.3) is 0 Å². The highest BCUT2D eigenvalue weighted by molar-refractivity contribution is 5.84. The SMILES string of the molecule is C[C@@H]1Oc2ccccc2O[C@@H]1C(=O)N1CC[C@](C)(C(=O)O)C1. The van der Waals surface area contributed by atoms with Gasteiger partial charge < -0.3 is 19.5 Å². The molecule has 118 valence electrons. The summed E-state index contributed by atoms with van der Waals surface area (Å²) in [5.41, 5.74) is -0.883. The number of hydrogen-bond donors (Lipinski definition) is 1. The summed E-state index contributed by atoms with van der Waals surface area (Å²) in [5, 5.41) is 9.27. The van der Waals surface area contributed by atoms with Crippen LogP contribution in [0, 0.1) is 5.41 Å². The molecule has 1 aromatic rings. The van der Waals surface area contributed by atoms with Crippen molar-refractivity contribution in [1.29, 1.82) is 0 Å². The van der Waals surface area contributed by atoms with Gasteiger partial charge in [-0.1, -0.05) is 12.1 Å². The quantitative estimate of drug-likeness (QED) is 0.897. The Bertz CT molecular complexity index is 616. The zero-order chi connectivity index (χ0) is 15.9. The lowest BCUT2D eigenvalue weighted by molar-refractivity contribution is -0.148. The maximum Gasteiger partial charge on any atom is 0.311 e. The number of amides is 1. The zero-order valence-electron chi connectivity index (χ0n) is 12.6. The van der Waals surface area contributed by atoms with Gasteiger partial charge in [0, 0.05) is 13.1 Å². The summed E-state index contributed by atoms with van der Waals surface area (Å²) in [6.07, 6.45) is -0.711. The van der Waals surface area contributed by atoms with Crippen molar-refractivity contribution in [3.8, 4) is 11.5 Å². The zero-order valence-corrected chi connectivity index (χ0v) is 12.6. The molecule has 0 aliphatic carbocycles. The number of para-hydroxylation sites is 2. The van der Waals surface area contributed by atoms with E-state index >= 15 is 0 Å². The molecule has 6 heteroatoms. The molecule has 1 aromatic carbocycles. The third-order valence-corrected chi connectivity index (χ3v) is 4.39. The number of benzene rings is 1. The van der Waals surface area contributed by atoms with E-state index in [1.165, 1.54) is 0 Å². The molecule has 2 heterocycles. The van der Waals surface area contributed by atoms with Crippen molar-refractivity contribution >= 4 is 11.9 Å². The number of carbonyl (C=O) groups excluding carboxylic acids is 1. The van der Waals surface area contributed by atoms with Crippen LogP contribution in [0.15, 0.2) is 24.3 Å². The largest absolute Gasteiger partial charge is 0.482 e. The van der Waals surface area contributed by atoms with Gasteiger partial charge in [-0.05, 0) is 32.4 Å². The molecule has 22 heavy (non-hydrogen) atoms. The number of carboxylic acid groups (broad SMARTS) is 1. The molecule has 0 bridgehead atoms. The lowest BCUT2D eigenvalue weighted by Gasteiger charge is -2.33. The van der Waals surface area contributed by atoms with Crippen LogP contribution in [0.3, 0.4) is 0 Å². The van der Waals surface area contributed by atoms with Gasteiger partial charge in [-0.25, -0.2) is 0 Å². The third-order valence-electron chi connectivity index (χ3n) is 4.39. The number of fused-ring (bicyclic) bond motifs is 1. The molecule has 6 nitrogen and oxygen atoms in total. The van der Waals surface area contributed by atoms with Gasteiger partial charge in [0.15, 0.2) is 11.5 Å². The molecule has 1 N–H and O–H groups in total. The number of likely N-dealkylation sites (tertiary alicyclic amines) is 1. The summed E-state index contributed by atoms with van der Waals surface area (Å²) in [5.74, 6) is 0.0731. The van der Waals surface area contributed by atoms with Gasteiger partial charge in [-0.15, -0.1) is 0 Å². The predicted molar refractivity (Wildman–Crippen MR) is 77.9 cm³/mol. The summed E-state index contributed by atoms with van der Waals surface area (Å²) in [6, 6.07) is 7.21. The second kappa shape index (κ2) is 5.19. The minimum atomic E-state index is -0.883. The van der Waals surface area contributed by atoms with Gasteiger partial charge in [0.2, 0.25) is 6.10 Å². The Morgan fingerprint density at radius 1 is 1.27 bits per heavy atom. The average molecular weight is 305 g/mol. The van der Waals surface area contributed by atoms with E-state index < -0.39 is 23.6 Å². The molecule has 2 aliphatic rings. The van der Waals surface area contributed by atoms with Gasteiger partial charge in [-0.2, -0.15) is 0 Å². The van der Waals surface area contributed by atoms with E-state index in [0.29, 0.717) is 24.5 Å². The maximum absolute atomic E-state index is 12.7. The molecular weight excluding hydrogens is 286 g/mol. The maximum atomic E-state index is 12.7. The van der Waals surface area contributed by atoms with Crippen LogP contribution in [0.1, 0.15) is 20.3 Å². The van der Waals surface area contributed by atoms with Crippen molar-refractivity contribution in [1.82, 2.24) is 4.90 Å². The van der Waals surface area contributed by atoms with Crippen molar-refractivity contribution in [2.45, 2.75) is 32.5 Å². The lowest BCUT2D eigenvalue weighted by Crippen LogP contribution is -2.50. The Labute approximate surface area is 128 Å². The molecule has 0 saturated carbocycles. The van der Waals surface area contributed by atoms with Gasteiger partial charge in [0.25, 0.3) is 5.91 Å². The normalized spacial score (nSPS) is 30.2. The van der Waals surface area contributed by atoms with Crippen molar-refractivity contribution in [3.05, 3.63) is 24.3 Å². The van der Waals surface area contributed by atoms with Crippen molar-refractivity contribution in [2.75, 3.05) is 13.1 Å². The molecule has 0 unspecified atom stereocenters. The Morgan fingerprint density at radius 3 is 2.50 bits per heavy atom. The van der Waals surface area contributed by atoms with Crippen LogP contribution in [-0.4, -0.2) is 47.2 Å². The second-order valence-corrected chi connectivity index (χ2v) is 6.18.